The molecule has 0 aliphatic carbocycles. The van der Waals surface area contributed by atoms with Crippen LogP contribution in [-0.2, 0) is 16.0 Å². The number of carbonyl (C=O) groups is 1. The van der Waals surface area contributed by atoms with E-state index in [9.17, 15) is 4.79 Å². The van der Waals surface area contributed by atoms with Crippen molar-refractivity contribution in [2.75, 3.05) is 24.6 Å². The Morgan fingerprint density at radius 3 is 2.87 bits per heavy atom. The smallest absolute Gasteiger partial charge is 0.305 e. The van der Waals surface area contributed by atoms with Crippen molar-refractivity contribution in [2.45, 2.75) is 52.4 Å². The maximum atomic E-state index is 11.3. The van der Waals surface area contributed by atoms with E-state index in [2.05, 4.69) is 36.6 Å². The molecule has 0 unspecified atom stereocenters. The molecular formula is C20H29NO2. The predicted molar refractivity (Wildman–Crippen MR) is 96.8 cm³/mol. The Hall–Kier alpha value is -1.77. The summed E-state index contributed by atoms with van der Waals surface area (Å²) in [5, 5.41) is 0. The number of allylic oxidation sites excluding steroid dienone is 1. The van der Waals surface area contributed by atoms with Crippen molar-refractivity contribution in [1.82, 2.24) is 0 Å². The van der Waals surface area contributed by atoms with Crippen molar-refractivity contribution in [3.05, 3.63) is 35.9 Å². The van der Waals surface area contributed by atoms with E-state index >= 15 is 0 Å². The fourth-order valence-electron chi connectivity index (χ4n) is 3.13. The number of benzene rings is 1. The average molecular weight is 315 g/mol. The van der Waals surface area contributed by atoms with Gasteiger partial charge in [-0.05, 0) is 56.7 Å². The summed E-state index contributed by atoms with van der Waals surface area (Å²) < 4.78 is 4.96. The van der Waals surface area contributed by atoms with Gasteiger partial charge in [0.25, 0.3) is 0 Å². The highest BCUT2D eigenvalue weighted by Crippen LogP contribution is 2.30. The Morgan fingerprint density at radius 1 is 1.30 bits per heavy atom. The maximum absolute atomic E-state index is 11.3. The molecule has 23 heavy (non-hydrogen) atoms. The van der Waals surface area contributed by atoms with Crippen molar-refractivity contribution in [3.63, 3.8) is 0 Å². The third-order valence-corrected chi connectivity index (χ3v) is 4.41. The van der Waals surface area contributed by atoms with Gasteiger partial charge < -0.3 is 9.64 Å². The van der Waals surface area contributed by atoms with Crippen LogP contribution in [0.2, 0.25) is 0 Å². The lowest BCUT2D eigenvalue weighted by Crippen LogP contribution is -2.30. The highest BCUT2D eigenvalue weighted by Gasteiger charge is 2.17. The van der Waals surface area contributed by atoms with E-state index in [4.69, 9.17) is 4.74 Å². The van der Waals surface area contributed by atoms with Crippen LogP contribution in [0.3, 0.4) is 0 Å². The quantitative estimate of drug-likeness (QED) is 0.519. The minimum atomic E-state index is -0.0677. The SMILES string of the molecule is C=C(C)c1ccc2c(c1)N(CCCCCC(=O)OCC)CCC2. The standard InChI is InChI=1S/C20H29NO2/c1-4-23-20(22)10-6-5-7-13-21-14-8-9-17-11-12-18(16(2)3)15-19(17)21/h11-12,15H,2,4-10,13-14H2,1,3H3. The monoisotopic (exact) mass is 315 g/mol. The number of ether oxygens (including phenoxy) is 1. The van der Waals surface area contributed by atoms with E-state index in [0.29, 0.717) is 13.0 Å². The molecule has 1 heterocycles. The summed E-state index contributed by atoms with van der Waals surface area (Å²) in [5.41, 5.74) is 5.18. The Morgan fingerprint density at radius 2 is 2.13 bits per heavy atom. The Balaban J connectivity index is 1.84. The molecule has 0 radical (unpaired) electrons. The largest absolute Gasteiger partial charge is 0.466 e. The second kappa shape index (κ2) is 8.76. The zero-order valence-electron chi connectivity index (χ0n) is 14.6. The molecule has 0 aromatic heterocycles. The first kappa shape index (κ1) is 17.6. The topological polar surface area (TPSA) is 29.5 Å². The number of nitrogens with zero attached hydrogens (tertiary/aromatic N) is 1. The van der Waals surface area contributed by atoms with E-state index < -0.39 is 0 Å². The lowest BCUT2D eigenvalue weighted by molar-refractivity contribution is -0.143. The molecule has 1 aliphatic rings. The zero-order valence-corrected chi connectivity index (χ0v) is 14.6. The normalized spacial score (nSPS) is 13.6. The van der Waals surface area contributed by atoms with Crippen molar-refractivity contribution >= 4 is 17.2 Å². The number of hydrogen-bond acceptors (Lipinski definition) is 3. The first-order chi connectivity index (χ1) is 11.1. The number of unbranched alkanes of at least 4 members (excludes halogenated alkanes) is 2. The highest BCUT2D eigenvalue weighted by atomic mass is 16.5. The van der Waals surface area contributed by atoms with Crippen molar-refractivity contribution in [1.29, 1.82) is 0 Å². The van der Waals surface area contributed by atoms with Gasteiger partial charge >= 0.3 is 5.97 Å². The maximum Gasteiger partial charge on any atom is 0.305 e. The van der Waals surface area contributed by atoms with Crippen LogP contribution in [0, 0.1) is 0 Å². The van der Waals surface area contributed by atoms with Gasteiger partial charge in [-0.25, -0.2) is 0 Å². The lowest BCUT2D eigenvalue weighted by atomic mass is 9.97. The predicted octanol–water partition coefficient (Wildman–Crippen LogP) is 4.60. The van der Waals surface area contributed by atoms with Gasteiger partial charge in [0.05, 0.1) is 6.61 Å². The van der Waals surface area contributed by atoms with Gasteiger partial charge in [0.2, 0.25) is 0 Å². The molecule has 0 fully saturated rings. The Bertz CT molecular complexity index is 551. The Kier molecular flexibility index (Phi) is 6.69. The van der Waals surface area contributed by atoms with Gasteiger partial charge in [0.15, 0.2) is 0 Å². The van der Waals surface area contributed by atoms with Gasteiger partial charge in [0, 0.05) is 25.2 Å². The first-order valence-electron chi connectivity index (χ1n) is 8.81. The molecule has 126 valence electrons. The van der Waals surface area contributed by atoms with E-state index in [0.717, 1.165) is 37.9 Å². The van der Waals surface area contributed by atoms with E-state index in [-0.39, 0.29) is 5.97 Å². The number of carbonyl (C=O) groups excluding carboxylic acids is 1. The molecule has 0 saturated carbocycles. The average Bonchev–Trinajstić information content (AvgIpc) is 2.54. The number of fused-ring (bicyclic) bond motifs is 1. The molecule has 0 bridgehead atoms. The van der Waals surface area contributed by atoms with Crippen LogP contribution in [0.1, 0.15) is 57.1 Å². The summed E-state index contributed by atoms with van der Waals surface area (Å²) in [6, 6.07) is 6.73. The number of anilines is 1. The second-order valence-corrected chi connectivity index (χ2v) is 6.33. The van der Waals surface area contributed by atoms with Crippen LogP contribution < -0.4 is 4.90 Å². The number of hydrogen-bond donors (Lipinski definition) is 0. The third kappa shape index (κ3) is 5.12. The molecule has 0 amide bonds. The Labute approximate surface area is 140 Å². The van der Waals surface area contributed by atoms with Crippen LogP contribution in [-0.4, -0.2) is 25.7 Å². The molecule has 0 N–H and O–H groups in total. The van der Waals surface area contributed by atoms with Crippen molar-refractivity contribution < 1.29 is 9.53 Å². The summed E-state index contributed by atoms with van der Waals surface area (Å²) in [4.78, 5) is 13.8. The molecule has 2 rings (SSSR count). The molecule has 1 aromatic rings. The highest BCUT2D eigenvalue weighted by molar-refractivity contribution is 5.69. The zero-order chi connectivity index (χ0) is 16.7. The van der Waals surface area contributed by atoms with Gasteiger partial charge in [-0.1, -0.05) is 30.7 Å². The number of rotatable bonds is 8. The van der Waals surface area contributed by atoms with E-state index in [1.807, 2.05) is 6.92 Å². The lowest BCUT2D eigenvalue weighted by Gasteiger charge is -2.32. The molecule has 0 spiro atoms. The van der Waals surface area contributed by atoms with Gasteiger partial charge in [-0.15, -0.1) is 0 Å². The summed E-state index contributed by atoms with van der Waals surface area (Å²) >= 11 is 0. The van der Waals surface area contributed by atoms with Gasteiger partial charge in [-0.2, -0.15) is 0 Å². The van der Waals surface area contributed by atoms with Crippen LogP contribution in [0.15, 0.2) is 24.8 Å². The van der Waals surface area contributed by atoms with Crippen molar-refractivity contribution in [2.24, 2.45) is 0 Å². The first-order valence-corrected chi connectivity index (χ1v) is 8.81. The van der Waals surface area contributed by atoms with Gasteiger partial charge in [-0.3, -0.25) is 4.79 Å². The summed E-state index contributed by atoms with van der Waals surface area (Å²) in [6.07, 6.45) is 6.06. The van der Waals surface area contributed by atoms with Crippen LogP contribution in [0.4, 0.5) is 5.69 Å². The minimum absolute atomic E-state index is 0.0677. The number of esters is 1. The molecular weight excluding hydrogens is 286 g/mol. The number of aryl methyl sites for hydroxylation is 1. The third-order valence-electron chi connectivity index (χ3n) is 4.41. The summed E-state index contributed by atoms with van der Waals surface area (Å²) in [6.45, 7) is 10.6. The molecule has 0 atom stereocenters. The summed E-state index contributed by atoms with van der Waals surface area (Å²) in [5.74, 6) is -0.0677. The molecule has 0 saturated heterocycles. The van der Waals surface area contributed by atoms with Crippen LogP contribution in [0.25, 0.3) is 5.57 Å². The molecule has 3 nitrogen and oxygen atoms in total. The minimum Gasteiger partial charge on any atom is -0.466 e. The van der Waals surface area contributed by atoms with Gasteiger partial charge in [0.1, 0.15) is 0 Å². The van der Waals surface area contributed by atoms with Crippen molar-refractivity contribution in [3.8, 4) is 0 Å². The molecule has 1 aromatic carbocycles. The van der Waals surface area contributed by atoms with E-state index in [1.165, 1.54) is 29.7 Å². The molecule has 3 heteroatoms. The summed E-state index contributed by atoms with van der Waals surface area (Å²) in [7, 11) is 0. The fraction of sp³-hybridized carbons (Fsp3) is 0.550. The van der Waals surface area contributed by atoms with Crippen LogP contribution in [0.5, 0.6) is 0 Å². The van der Waals surface area contributed by atoms with E-state index in [1.54, 1.807) is 0 Å². The molecule has 1 aliphatic heterocycles. The fourth-order valence-corrected chi connectivity index (χ4v) is 3.13. The van der Waals surface area contributed by atoms with Crippen LogP contribution >= 0.6 is 0 Å². The second-order valence-electron chi connectivity index (χ2n) is 6.33.